The molecule has 104 valence electrons. The lowest BCUT2D eigenvalue weighted by Crippen LogP contribution is -2.27. The first-order chi connectivity index (χ1) is 9.11. The smallest absolute Gasteiger partial charge is 0.330 e. The average molecular weight is 268 g/mol. The first kappa shape index (κ1) is 14.9. The zero-order valence-corrected chi connectivity index (χ0v) is 10.8. The number of nitrogens with zero attached hydrogens (tertiary/aromatic N) is 1. The molecule has 0 fully saturated rings. The van der Waals surface area contributed by atoms with E-state index in [4.69, 9.17) is 9.26 Å². The van der Waals surface area contributed by atoms with E-state index in [2.05, 4.69) is 15.2 Å². The van der Waals surface area contributed by atoms with Gasteiger partial charge in [0, 0.05) is 18.7 Å². The molecule has 0 aliphatic rings. The third-order valence-electron chi connectivity index (χ3n) is 2.03. The van der Waals surface area contributed by atoms with Gasteiger partial charge in [0.25, 0.3) is 0 Å². The van der Waals surface area contributed by atoms with Crippen LogP contribution in [0.5, 0.6) is 0 Å². The van der Waals surface area contributed by atoms with Crippen LogP contribution in [0, 0.1) is 6.92 Å². The van der Waals surface area contributed by atoms with Gasteiger partial charge in [-0.05, 0) is 6.92 Å². The zero-order valence-electron chi connectivity index (χ0n) is 10.8. The maximum absolute atomic E-state index is 11.3. The number of esters is 1. The number of ether oxygens (including phenoxy) is 2. The van der Waals surface area contributed by atoms with Gasteiger partial charge >= 0.3 is 5.97 Å². The van der Waals surface area contributed by atoms with Crippen molar-refractivity contribution in [3.8, 4) is 0 Å². The van der Waals surface area contributed by atoms with Gasteiger partial charge in [-0.25, -0.2) is 4.79 Å². The van der Waals surface area contributed by atoms with E-state index in [9.17, 15) is 9.59 Å². The molecule has 1 aromatic heterocycles. The second-order valence-electron chi connectivity index (χ2n) is 3.65. The van der Waals surface area contributed by atoms with Crippen molar-refractivity contribution in [2.45, 2.75) is 13.5 Å². The Balaban J connectivity index is 2.11. The Kier molecular flexibility index (Phi) is 6.31. The van der Waals surface area contributed by atoms with Gasteiger partial charge in [0.2, 0.25) is 5.91 Å². The number of methoxy groups -OCH3 is 1. The summed E-state index contributed by atoms with van der Waals surface area (Å²) in [5.74, 6) is -0.0577. The molecule has 1 amide bonds. The maximum atomic E-state index is 11.3. The monoisotopic (exact) mass is 268 g/mol. The summed E-state index contributed by atoms with van der Waals surface area (Å²) in [6, 6.07) is 1.73. The fraction of sp³-hybridized carbons (Fsp3) is 0.417. The molecule has 19 heavy (non-hydrogen) atoms. The van der Waals surface area contributed by atoms with E-state index in [-0.39, 0.29) is 25.7 Å². The second kappa shape index (κ2) is 8.04. The molecule has 0 saturated heterocycles. The summed E-state index contributed by atoms with van der Waals surface area (Å²) >= 11 is 0. The molecule has 0 spiro atoms. The van der Waals surface area contributed by atoms with Crippen LogP contribution in [0.3, 0.4) is 0 Å². The number of aryl methyl sites for hydroxylation is 1. The molecule has 7 nitrogen and oxygen atoms in total. The van der Waals surface area contributed by atoms with Gasteiger partial charge in [-0.3, -0.25) is 4.79 Å². The summed E-state index contributed by atoms with van der Waals surface area (Å²) in [6.45, 7) is 2.14. The lowest BCUT2D eigenvalue weighted by molar-refractivity contribution is -0.135. The fourth-order valence-corrected chi connectivity index (χ4v) is 1.18. The minimum absolute atomic E-state index is 0.0853. The van der Waals surface area contributed by atoms with Crippen molar-refractivity contribution in [3.63, 3.8) is 0 Å². The Morgan fingerprint density at radius 2 is 2.32 bits per heavy atom. The molecule has 1 heterocycles. The highest BCUT2D eigenvalue weighted by atomic mass is 16.5. The summed E-state index contributed by atoms with van der Waals surface area (Å²) in [5, 5.41) is 6.27. The van der Waals surface area contributed by atoms with Gasteiger partial charge in [-0.2, -0.15) is 0 Å². The Morgan fingerprint density at radius 1 is 1.53 bits per heavy atom. The predicted molar refractivity (Wildman–Crippen MR) is 65.1 cm³/mol. The highest BCUT2D eigenvalue weighted by Crippen LogP contribution is 2.02. The fourth-order valence-electron chi connectivity index (χ4n) is 1.18. The largest absolute Gasteiger partial charge is 0.466 e. The van der Waals surface area contributed by atoms with Crippen LogP contribution in [-0.4, -0.2) is 37.3 Å². The van der Waals surface area contributed by atoms with E-state index in [0.29, 0.717) is 11.5 Å². The second-order valence-corrected chi connectivity index (χ2v) is 3.65. The summed E-state index contributed by atoms with van der Waals surface area (Å²) in [5.41, 5.74) is 0.635. The Morgan fingerprint density at radius 3 is 2.95 bits per heavy atom. The summed E-state index contributed by atoms with van der Waals surface area (Å²) in [7, 11) is 1.28. The van der Waals surface area contributed by atoms with Crippen LogP contribution >= 0.6 is 0 Å². The molecule has 0 radical (unpaired) electrons. The number of amides is 1. The van der Waals surface area contributed by atoms with E-state index >= 15 is 0 Å². The summed E-state index contributed by atoms with van der Waals surface area (Å²) in [6.07, 6.45) is 2.73. The minimum atomic E-state index is -0.466. The predicted octanol–water partition coefficient (Wildman–Crippen LogP) is 0.345. The lowest BCUT2D eigenvalue weighted by atomic mass is 10.4. The summed E-state index contributed by atoms with van der Waals surface area (Å²) in [4.78, 5) is 22.0. The van der Waals surface area contributed by atoms with Crippen molar-refractivity contribution in [3.05, 3.63) is 29.7 Å². The van der Waals surface area contributed by atoms with Crippen LogP contribution in [0.2, 0.25) is 0 Å². The van der Waals surface area contributed by atoms with Crippen molar-refractivity contribution in [1.82, 2.24) is 10.5 Å². The molecule has 0 unspecified atom stereocenters. The topological polar surface area (TPSA) is 90.7 Å². The average Bonchev–Trinajstić information content (AvgIpc) is 2.80. The van der Waals surface area contributed by atoms with E-state index in [1.165, 1.54) is 19.3 Å². The highest BCUT2D eigenvalue weighted by molar-refractivity contribution is 5.82. The molecule has 1 aromatic rings. The summed E-state index contributed by atoms with van der Waals surface area (Å²) < 4.78 is 14.4. The number of rotatable bonds is 7. The Bertz CT molecular complexity index is 453. The van der Waals surface area contributed by atoms with Crippen LogP contribution in [0.4, 0.5) is 0 Å². The molecule has 1 rings (SSSR count). The third-order valence-corrected chi connectivity index (χ3v) is 2.03. The maximum Gasteiger partial charge on any atom is 0.330 e. The van der Waals surface area contributed by atoms with Crippen LogP contribution in [-0.2, 0) is 25.7 Å². The number of carbonyl (C=O) groups is 2. The SMILES string of the molecule is COC(=O)/C=C/CNC(=O)COCc1cc(C)on1. The molecular formula is C12H16N2O5. The van der Waals surface area contributed by atoms with Crippen molar-refractivity contribution >= 4 is 11.9 Å². The van der Waals surface area contributed by atoms with Crippen LogP contribution in [0.15, 0.2) is 22.7 Å². The lowest BCUT2D eigenvalue weighted by Gasteiger charge is -2.02. The molecular weight excluding hydrogens is 252 g/mol. The van der Waals surface area contributed by atoms with Gasteiger partial charge in [0.1, 0.15) is 18.1 Å². The van der Waals surface area contributed by atoms with Gasteiger partial charge in [0.15, 0.2) is 0 Å². The van der Waals surface area contributed by atoms with E-state index in [1.807, 2.05) is 0 Å². The van der Waals surface area contributed by atoms with Gasteiger partial charge in [-0.1, -0.05) is 11.2 Å². The molecule has 0 bridgehead atoms. The first-order valence-electron chi connectivity index (χ1n) is 5.63. The number of carbonyl (C=O) groups excluding carboxylic acids is 2. The molecule has 0 aliphatic heterocycles. The molecule has 0 aromatic carbocycles. The van der Waals surface area contributed by atoms with Gasteiger partial charge < -0.3 is 19.3 Å². The number of hydrogen-bond donors (Lipinski definition) is 1. The van der Waals surface area contributed by atoms with Crippen LogP contribution in [0.25, 0.3) is 0 Å². The number of aromatic nitrogens is 1. The Hall–Kier alpha value is -2.15. The normalized spacial score (nSPS) is 10.6. The quantitative estimate of drug-likeness (QED) is 0.566. The van der Waals surface area contributed by atoms with Crippen molar-refractivity contribution in [1.29, 1.82) is 0 Å². The van der Waals surface area contributed by atoms with Crippen LogP contribution < -0.4 is 5.32 Å². The molecule has 7 heteroatoms. The molecule has 0 atom stereocenters. The van der Waals surface area contributed by atoms with Gasteiger partial charge in [0.05, 0.1) is 13.7 Å². The first-order valence-corrected chi connectivity index (χ1v) is 5.63. The van der Waals surface area contributed by atoms with E-state index in [0.717, 1.165) is 0 Å². The standard InChI is InChI=1S/C12H16N2O5/c1-9-6-10(14-19-9)7-18-8-11(15)13-5-3-4-12(16)17-2/h3-4,6H,5,7-8H2,1-2H3,(H,13,15)/b4-3+. The minimum Gasteiger partial charge on any atom is -0.466 e. The Labute approximate surface area is 110 Å². The molecule has 1 N–H and O–H groups in total. The van der Waals surface area contributed by atoms with Crippen molar-refractivity contribution in [2.75, 3.05) is 20.3 Å². The highest BCUT2D eigenvalue weighted by Gasteiger charge is 2.03. The zero-order chi connectivity index (χ0) is 14.1. The van der Waals surface area contributed by atoms with E-state index in [1.54, 1.807) is 13.0 Å². The van der Waals surface area contributed by atoms with Crippen molar-refractivity contribution < 1.29 is 23.6 Å². The number of nitrogens with one attached hydrogen (secondary N) is 1. The number of hydrogen-bond acceptors (Lipinski definition) is 6. The molecule has 0 aliphatic carbocycles. The molecule has 0 saturated carbocycles. The third kappa shape index (κ3) is 6.37. The van der Waals surface area contributed by atoms with Crippen LogP contribution in [0.1, 0.15) is 11.5 Å². The van der Waals surface area contributed by atoms with Crippen molar-refractivity contribution in [2.24, 2.45) is 0 Å². The van der Waals surface area contributed by atoms with Gasteiger partial charge in [-0.15, -0.1) is 0 Å². The van der Waals surface area contributed by atoms with E-state index < -0.39 is 5.97 Å².